The Morgan fingerprint density at radius 2 is 1.93 bits per heavy atom. The van der Waals surface area contributed by atoms with Crippen molar-refractivity contribution in [1.29, 1.82) is 0 Å². The van der Waals surface area contributed by atoms with Gasteiger partial charge in [-0.1, -0.05) is 6.92 Å². The van der Waals surface area contributed by atoms with Crippen molar-refractivity contribution in [2.75, 3.05) is 14.2 Å². The van der Waals surface area contributed by atoms with E-state index in [0.717, 1.165) is 11.3 Å². The number of carboxylic acid groups (broad SMARTS) is 1. The second-order valence-electron chi connectivity index (χ2n) is 6.55. The first-order chi connectivity index (χ1) is 14.2. The first kappa shape index (κ1) is 21.3. The zero-order valence-electron chi connectivity index (χ0n) is 16.9. The number of nitrogens with zero attached hydrogens (tertiary/aromatic N) is 2. The smallest absolute Gasteiger partial charge is 0.346 e. The number of hydrogen-bond donors (Lipinski definition) is 2. The minimum absolute atomic E-state index is 0.0257. The van der Waals surface area contributed by atoms with Gasteiger partial charge in [0.25, 0.3) is 5.56 Å². The molecule has 0 spiro atoms. The van der Waals surface area contributed by atoms with Crippen LogP contribution in [0.2, 0.25) is 0 Å². The predicted octanol–water partition coefficient (Wildman–Crippen LogP) is 2.59. The Bertz CT molecular complexity index is 1210. The Hall–Kier alpha value is -3.40. The fraction of sp³-hybridized carbons (Fsp3) is 0.300. The number of thiophene rings is 1. The number of rotatable bonds is 7. The lowest BCUT2D eigenvalue weighted by molar-refractivity contribution is -0.121. The fourth-order valence-electron chi connectivity index (χ4n) is 3.38. The van der Waals surface area contributed by atoms with E-state index in [4.69, 9.17) is 15.2 Å². The molecule has 0 fully saturated rings. The van der Waals surface area contributed by atoms with E-state index in [1.165, 1.54) is 18.8 Å². The van der Waals surface area contributed by atoms with Crippen molar-refractivity contribution in [3.05, 3.63) is 39.0 Å². The summed E-state index contributed by atoms with van der Waals surface area (Å²) >= 11 is 0.913. The summed E-state index contributed by atoms with van der Waals surface area (Å²) in [5.74, 6) is -0.739. The molecule has 10 heteroatoms. The molecule has 158 valence electrons. The van der Waals surface area contributed by atoms with Gasteiger partial charge in [-0.15, -0.1) is 11.3 Å². The van der Waals surface area contributed by atoms with Crippen LogP contribution in [0, 0.1) is 6.92 Å². The molecule has 0 aliphatic carbocycles. The fourth-order valence-corrected chi connectivity index (χ4v) is 4.39. The highest BCUT2D eigenvalue weighted by molar-refractivity contribution is 7.20. The van der Waals surface area contributed by atoms with Crippen LogP contribution in [0.25, 0.3) is 21.6 Å². The van der Waals surface area contributed by atoms with Gasteiger partial charge in [0, 0.05) is 5.56 Å². The molecule has 1 unspecified atom stereocenters. The molecule has 0 aliphatic heterocycles. The second kappa shape index (κ2) is 8.15. The molecule has 1 atom stereocenters. The average molecular weight is 431 g/mol. The topological polar surface area (TPSA) is 134 Å². The number of amides is 1. The Labute approximate surface area is 175 Å². The third-order valence-corrected chi connectivity index (χ3v) is 6.03. The summed E-state index contributed by atoms with van der Waals surface area (Å²) in [5.41, 5.74) is 5.86. The summed E-state index contributed by atoms with van der Waals surface area (Å²) in [5, 5.41) is 9.62. The van der Waals surface area contributed by atoms with E-state index in [2.05, 4.69) is 4.98 Å². The van der Waals surface area contributed by atoms with Crippen LogP contribution < -0.4 is 20.8 Å². The maximum Gasteiger partial charge on any atom is 0.346 e. The van der Waals surface area contributed by atoms with Gasteiger partial charge < -0.3 is 20.3 Å². The third-order valence-electron chi connectivity index (χ3n) is 4.86. The van der Waals surface area contributed by atoms with Gasteiger partial charge in [0.1, 0.15) is 21.6 Å². The molecule has 0 bridgehead atoms. The second-order valence-corrected chi connectivity index (χ2v) is 7.55. The van der Waals surface area contributed by atoms with Crippen molar-refractivity contribution in [3.63, 3.8) is 0 Å². The molecule has 3 N–H and O–H groups in total. The predicted molar refractivity (Wildman–Crippen MR) is 113 cm³/mol. The first-order valence-corrected chi connectivity index (χ1v) is 9.87. The number of carboxylic acids is 1. The minimum atomic E-state index is -1.14. The summed E-state index contributed by atoms with van der Waals surface area (Å²) in [4.78, 5) is 42.0. The number of methoxy groups -OCH3 is 2. The van der Waals surface area contributed by atoms with Crippen molar-refractivity contribution < 1.29 is 24.2 Å². The van der Waals surface area contributed by atoms with Crippen LogP contribution in [-0.4, -0.2) is 40.8 Å². The van der Waals surface area contributed by atoms with Crippen LogP contribution in [0.3, 0.4) is 0 Å². The van der Waals surface area contributed by atoms with Crippen LogP contribution in [-0.2, 0) is 4.79 Å². The van der Waals surface area contributed by atoms with Crippen LogP contribution in [0.1, 0.15) is 34.6 Å². The van der Waals surface area contributed by atoms with E-state index in [1.54, 1.807) is 32.0 Å². The van der Waals surface area contributed by atoms with Crippen molar-refractivity contribution in [1.82, 2.24) is 9.55 Å². The average Bonchev–Trinajstić information content (AvgIpc) is 3.06. The van der Waals surface area contributed by atoms with E-state index < -0.39 is 23.5 Å². The van der Waals surface area contributed by atoms with E-state index >= 15 is 0 Å². The van der Waals surface area contributed by atoms with Gasteiger partial charge in [-0.05, 0) is 37.1 Å². The van der Waals surface area contributed by atoms with Crippen LogP contribution in [0.15, 0.2) is 23.0 Å². The van der Waals surface area contributed by atoms with Gasteiger partial charge >= 0.3 is 5.97 Å². The van der Waals surface area contributed by atoms with Crippen LogP contribution in [0.5, 0.6) is 11.5 Å². The molecule has 2 heterocycles. The highest BCUT2D eigenvalue weighted by Crippen LogP contribution is 2.35. The quantitative estimate of drug-likeness (QED) is 0.587. The number of aromatic nitrogens is 2. The molecule has 1 aromatic carbocycles. The molecule has 1 amide bonds. The van der Waals surface area contributed by atoms with E-state index in [9.17, 15) is 19.5 Å². The Morgan fingerprint density at radius 1 is 1.27 bits per heavy atom. The largest absolute Gasteiger partial charge is 0.493 e. The molecule has 3 rings (SSSR count). The van der Waals surface area contributed by atoms with Gasteiger partial charge in [-0.2, -0.15) is 0 Å². The van der Waals surface area contributed by atoms with Crippen molar-refractivity contribution in [3.8, 4) is 22.9 Å². The monoisotopic (exact) mass is 431 g/mol. The minimum Gasteiger partial charge on any atom is -0.493 e. The summed E-state index contributed by atoms with van der Waals surface area (Å²) in [6.07, 6.45) is 0.262. The Morgan fingerprint density at radius 3 is 2.47 bits per heavy atom. The lowest BCUT2D eigenvalue weighted by Crippen LogP contribution is -2.35. The number of primary amides is 1. The van der Waals surface area contributed by atoms with Gasteiger partial charge in [-0.25, -0.2) is 9.78 Å². The Balaban J connectivity index is 2.44. The summed E-state index contributed by atoms with van der Waals surface area (Å²) < 4.78 is 11.8. The number of fused-ring (bicyclic) bond motifs is 1. The van der Waals surface area contributed by atoms with E-state index in [1.807, 2.05) is 0 Å². The van der Waals surface area contributed by atoms with Crippen molar-refractivity contribution in [2.24, 2.45) is 5.73 Å². The van der Waals surface area contributed by atoms with Crippen LogP contribution in [0.4, 0.5) is 0 Å². The highest BCUT2D eigenvalue weighted by Gasteiger charge is 2.27. The molecule has 2 aromatic heterocycles. The first-order valence-electron chi connectivity index (χ1n) is 9.05. The summed E-state index contributed by atoms with van der Waals surface area (Å²) in [6, 6.07) is 4.01. The number of hydrogen-bond acceptors (Lipinski definition) is 7. The Kier molecular flexibility index (Phi) is 5.79. The van der Waals surface area contributed by atoms with E-state index in [0.29, 0.717) is 22.6 Å². The van der Waals surface area contributed by atoms with E-state index in [-0.39, 0.29) is 27.3 Å². The number of carbonyl (C=O) groups is 2. The number of benzene rings is 1. The zero-order chi connectivity index (χ0) is 22.2. The standard InChI is InChI=1S/C20H21N3O6S/c1-5-11(16(21)24)23-17(10-6-7-12(28-3)13(8-10)29-4)22-18-14(19(23)25)9(2)15(30-18)20(26)27/h6-8,11H,5H2,1-4H3,(H2,21,24)(H,26,27). The lowest BCUT2D eigenvalue weighted by Gasteiger charge is -2.20. The van der Waals surface area contributed by atoms with Crippen LogP contribution >= 0.6 is 11.3 Å². The number of aryl methyl sites for hydroxylation is 1. The number of nitrogens with two attached hydrogens (primary N) is 1. The van der Waals surface area contributed by atoms with Gasteiger partial charge in [0.05, 0.1) is 19.6 Å². The van der Waals surface area contributed by atoms with Crippen molar-refractivity contribution in [2.45, 2.75) is 26.3 Å². The number of aromatic carboxylic acids is 1. The molecule has 0 saturated heterocycles. The maximum absolute atomic E-state index is 13.4. The molecule has 0 radical (unpaired) electrons. The maximum atomic E-state index is 13.4. The number of carbonyl (C=O) groups excluding carboxylic acids is 1. The molecule has 0 saturated carbocycles. The van der Waals surface area contributed by atoms with Gasteiger partial charge in [0.15, 0.2) is 11.5 Å². The molecule has 3 aromatic rings. The molecule has 0 aliphatic rings. The lowest BCUT2D eigenvalue weighted by atomic mass is 10.1. The van der Waals surface area contributed by atoms with Gasteiger partial charge in [-0.3, -0.25) is 14.2 Å². The molecular formula is C20H21N3O6S. The van der Waals surface area contributed by atoms with Crippen molar-refractivity contribution >= 4 is 33.4 Å². The highest BCUT2D eigenvalue weighted by atomic mass is 32.1. The normalized spacial score (nSPS) is 12.0. The molecule has 30 heavy (non-hydrogen) atoms. The summed E-state index contributed by atoms with van der Waals surface area (Å²) in [6.45, 7) is 3.28. The number of ether oxygens (including phenoxy) is 2. The SMILES string of the molecule is CCC(C(N)=O)n1c(-c2ccc(OC)c(OC)c2)nc2sc(C(=O)O)c(C)c2c1=O. The van der Waals surface area contributed by atoms with Gasteiger partial charge in [0.2, 0.25) is 5.91 Å². The zero-order valence-corrected chi connectivity index (χ0v) is 17.7. The molecule has 9 nitrogen and oxygen atoms in total. The molecular weight excluding hydrogens is 410 g/mol. The third kappa shape index (κ3) is 3.39. The summed E-state index contributed by atoms with van der Waals surface area (Å²) in [7, 11) is 2.98.